The molecular weight excluding hydrogens is 316 g/mol. The van der Waals surface area contributed by atoms with Crippen LogP contribution in [0.1, 0.15) is 17.4 Å². The van der Waals surface area contributed by atoms with Gasteiger partial charge in [-0.3, -0.25) is 5.10 Å². The number of esters is 1. The van der Waals surface area contributed by atoms with Gasteiger partial charge < -0.3 is 4.74 Å². The highest BCUT2D eigenvalue weighted by atomic mass is 16.5. The Labute approximate surface area is 144 Å². The zero-order valence-electron chi connectivity index (χ0n) is 13.6. The number of hydrogen-bond acceptors (Lipinski definition) is 4. The van der Waals surface area contributed by atoms with Crippen LogP contribution < -0.4 is 0 Å². The summed E-state index contributed by atoms with van der Waals surface area (Å²) in [7, 11) is 0. The van der Waals surface area contributed by atoms with Crippen molar-refractivity contribution < 1.29 is 9.53 Å². The van der Waals surface area contributed by atoms with Gasteiger partial charge in [0.05, 0.1) is 23.5 Å². The van der Waals surface area contributed by atoms with E-state index in [-0.39, 0.29) is 0 Å². The Kier molecular flexibility index (Phi) is 3.78. The van der Waals surface area contributed by atoms with Gasteiger partial charge in [0.25, 0.3) is 0 Å². The summed E-state index contributed by atoms with van der Waals surface area (Å²) in [5.41, 5.74) is 3.87. The van der Waals surface area contributed by atoms with Crippen LogP contribution in [0.3, 0.4) is 0 Å². The van der Waals surface area contributed by atoms with E-state index in [0.717, 1.165) is 22.2 Å². The maximum absolute atomic E-state index is 11.7. The minimum Gasteiger partial charge on any atom is -0.461 e. The minimum absolute atomic E-state index is 0.333. The van der Waals surface area contributed by atoms with Gasteiger partial charge in [0.15, 0.2) is 0 Å². The number of hydrogen-bond donors (Lipinski definition) is 1. The van der Waals surface area contributed by atoms with Crippen molar-refractivity contribution in [3.8, 4) is 16.9 Å². The lowest BCUT2D eigenvalue weighted by Gasteiger charge is -2.02. The van der Waals surface area contributed by atoms with Gasteiger partial charge in [0, 0.05) is 17.1 Å². The second-order valence-electron chi connectivity index (χ2n) is 5.57. The standard InChI is InChI=1S/C19H16N4O2/c1-2-25-19(24)18-11-17(20-21-18)13-7-9-15(10-8-13)23-12-14-5-3-4-6-16(14)22-23/h3-12H,2H2,1H3,(H,20,21). The van der Waals surface area contributed by atoms with Crippen LogP contribution in [0.2, 0.25) is 0 Å². The molecule has 0 atom stereocenters. The van der Waals surface area contributed by atoms with Gasteiger partial charge in [-0.15, -0.1) is 0 Å². The fourth-order valence-electron chi connectivity index (χ4n) is 2.66. The zero-order chi connectivity index (χ0) is 17.2. The molecule has 4 aromatic rings. The van der Waals surface area contributed by atoms with Crippen molar-refractivity contribution in [1.82, 2.24) is 20.0 Å². The summed E-state index contributed by atoms with van der Waals surface area (Å²) in [4.78, 5) is 11.7. The lowest BCUT2D eigenvalue weighted by atomic mass is 10.1. The van der Waals surface area contributed by atoms with Gasteiger partial charge in [-0.05, 0) is 31.2 Å². The third-order valence-corrected chi connectivity index (χ3v) is 3.91. The number of aromatic amines is 1. The Balaban J connectivity index is 1.60. The van der Waals surface area contributed by atoms with E-state index in [1.807, 2.05) is 59.4 Å². The summed E-state index contributed by atoms with van der Waals surface area (Å²) in [5.74, 6) is -0.402. The molecule has 2 aromatic heterocycles. The molecule has 0 unspecified atom stereocenters. The van der Waals surface area contributed by atoms with Crippen molar-refractivity contribution in [3.05, 3.63) is 66.5 Å². The summed E-state index contributed by atoms with van der Waals surface area (Å²) >= 11 is 0. The van der Waals surface area contributed by atoms with Gasteiger partial charge in [0.1, 0.15) is 5.69 Å². The lowest BCUT2D eigenvalue weighted by Crippen LogP contribution is -2.04. The molecule has 1 N–H and O–H groups in total. The van der Waals surface area contributed by atoms with E-state index < -0.39 is 5.97 Å². The van der Waals surface area contributed by atoms with Gasteiger partial charge in [-0.25, -0.2) is 9.48 Å². The number of ether oxygens (including phenoxy) is 1. The summed E-state index contributed by atoms with van der Waals surface area (Å²) in [5, 5.41) is 12.6. The van der Waals surface area contributed by atoms with Gasteiger partial charge >= 0.3 is 5.97 Å². The molecule has 0 saturated carbocycles. The van der Waals surface area contributed by atoms with E-state index in [1.165, 1.54) is 0 Å². The van der Waals surface area contributed by atoms with Gasteiger partial charge in [0.2, 0.25) is 0 Å². The molecule has 6 heteroatoms. The number of rotatable bonds is 4. The molecule has 25 heavy (non-hydrogen) atoms. The molecule has 0 fully saturated rings. The predicted molar refractivity (Wildman–Crippen MR) is 94.6 cm³/mol. The van der Waals surface area contributed by atoms with Gasteiger partial charge in [-0.1, -0.05) is 30.3 Å². The molecule has 124 valence electrons. The number of nitrogens with one attached hydrogen (secondary N) is 1. The van der Waals surface area contributed by atoms with Crippen LogP contribution in [0, 0.1) is 0 Å². The van der Waals surface area contributed by atoms with Crippen LogP contribution in [0.15, 0.2) is 60.8 Å². The molecule has 0 aliphatic heterocycles. The predicted octanol–water partition coefficient (Wildman–Crippen LogP) is 3.59. The third-order valence-electron chi connectivity index (χ3n) is 3.91. The van der Waals surface area contributed by atoms with Crippen LogP contribution in [0.5, 0.6) is 0 Å². The Bertz CT molecular complexity index is 998. The highest BCUT2D eigenvalue weighted by Gasteiger charge is 2.12. The highest BCUT2D eigenvalue weighted by Crippen LogP contribution is 2.21. The van der Waals surface area contributed by atoms with Crippen LogP contribution in [-0.2, 0) is 4.74 Å². The first-order valence-corrected chi connectivity index (χ1v) is 8.02. The van der Waals surface area contributed by atoms with Gasteiger partial charge in [-0.2, -0.15) is 10.2 Å². The Morgan fingerprint density at radius 1 is 1.16 bits per heavy atom. The molecule has 2 aromatic carbocycles. The summed E-state index contributed by atoms with van der Waals surface area (Å²) in [6, 6.07) is 17.5. The molecule has 0 saturated heterocycles. The maximum Gasteiger partial charge on any atom is 0.356 e. The number of aromatic nitrogens is 4. The SMILES string of the molecule is CCOC(=O)c1cc(-c2ccc(-n3cc4ccccc4n3)cc2)n[nH]1. The normalized spacial score (nSPS) is 10.9. The first-order valence-electron chi connectivity index (χ1n) is 8.02. The molecule has 0 bridgehead atoms. The second-order valence-corrected chi connectivity index (χ2v) is 5.57. The van der Waals surface area contributed by atoms with E-state index in [4.69, 9.17) is 4.74 Å². The largest absolute Gasteiger partial charge is 0.461 e. The molecular formula is C19H16N4O2. The maximum atomic E-state index is 11.7. The number of carbonyl (C=O) groups excluding carboxylic acids is 1. The van der Waals surface area contributed by atoms with Crippen molar-refractivity contribution in [3.63, 3.8) is 0 Å². The molecule has 0 aliphatic rings. The van der Waals surface area contributed by atoms with Crippen molar-refractivity contribution in [2.24, 2.45) is 0 Å². The first kappa shape index (κ1) is 15.1. The zero-order valence-corrected chi connectivity index (χ0v) is 13.6. The molecule has 2 heterocycles. The highest BCUT2D eigenvalue weighted by molar-refractivity contribution is 5.88. The summed E-state index contributed by atoms with van der Waals surface area (Å²) < 4.78 is 6.81. The van der Waals surface area contributed by atoms with E-state index in [2.05, 4.69) is 15.3 Å². The lowest BCUT2D eigenvalue weighted by molar-refractivity contribution is 0.0519. The molecule has 0 radical (unpaired) electrons. The van der Waals surface area contributed by atoms with Crippen molar-refractivity contribution in [2.75, 3.05) is 6.61 Å². The minimum atomic E-state index is -0.402. The third kappa shape index (κ3) is 2.89. The van der Waals surface area contributed by atoms with Crippen molar-refractivity contribution in [2.45, 2.75) is 6.92 Å². The fourth-order valence-corrected chi connectivity index (χ4v) is 2.66. The van der Waals surface area contributed by atoms with Crippen LogP contribution in [0.25, 0.3) is 27.8 Å². The monoisotopic (exact) mass is 332 g/mol. The average Bonchev–Trinajstić information content (AvgIpc) is 3.29. The van der Waals surface area contributed by atoms with Crippen LogP contribution >= 0.6 is 0 Å². The Morgan fingerprint density at radius 2 is 1.96 bits per heavy atom. The van der Waals surface area contributed by atoms with Crippen molar-refractivity contribution in [1.29, 1.82) is 0 Å². The average molecular weight is 332 g/mol. The summed E-state index contributed by atoms with van der Waals surface area (Å²) in [6.07, 6.45) is 2.00. The van der Waals surface area contributed by atoms with E-state index in [0.29, 0.717) is 18.0 Å². The number of carbonyl (C=O) groups is 1. The smallest absolute Gasteiger partial charge is 0.356 e. The van der Waals surface area contributed by atoms with E-state index in [1.54, 1.807) is 13.0 Å². The van der Waals surface area contributed by atoms with Crippen molar-refractivity contribution >= 4 is 16.9 Å². The number of fused-ring (bicyclic) bond motifs is 1. The van der Waals surface area contributed by atoms with E-state index >= 15 is 0 Å². The topological polar surface area (TPSA) is 72.8 Å². The Morgan fingerprint density at radius 3 is 2.72 bits per heavy atom. The van der Waals surface area contributed by atoms with Crippen LogP contribution in [-0.4, -0.2) is 32.6 Å². The summed E-state index contributed by atoms with van der Waals surface area (Å²) in [6.45, 7) is 2.10. The molecule has 0 amide bonds. The van der Waals surface area contributed by atoms with E-state index in [9.17, 15) is 4.79 Å². The number of nitrogens with zero attached hydrogens (tertiary/aromatic N) is 3. The second kappa shape index (κ2) is 6.24. The first-order chi connectivity index (χ1) is 12.2. The molecule has 6 nitrogen and oxygen atoms in total. The fraction of sp³-hybridized carbons (Fsp3) is 0.105. The quantitative estimate of drug-likeness (QED) is 0.580. The van der Waals surface area contributed by atoms with Crippen LogP contribution in [0.4, 0.5) is 0 Å². The molecule has 0 aliphatic carbocycles. The molecule has 0 spiro atoms. The Hall–Kier alpha value is -3.41. The molecule has 4 rings (SSSR count). The number of H-pyrrole nitrogens is 1. The number of benzene rings is 2.